The molecule has 1 fully saturated rings. The molecule has 1 heterocycles. The third kappa shape index (κ3) is 1.78. The monoisotopic (exact) mass is 247 g/mol. The van der Waals surface area contributed by atoms with Crippen LogP contribution in [0.4, 0.5) is 5.13 Å². The van der Waals surface area contributed by atoms with Gasteiger partial charge in [0.1, 0.15) is 4.60 Å². The SMILES string of the molecule is NCc1sc(NC2CC2)nc1Br. The molecule has 0 aromatic carbocycles. The molecule has 12 heavy (non-hydrogen) atoms. The van der Waals surface area contributed by atoms with Gasteiger partial charge in [-0.25, -0.2) is 4.98 Å². The molecule has 0 unspecified atom stereocenters. The summed E-state index contributed by atoms with van der Waals surface area (Å²) in [6, 6.07) is 0.661. The Morgan fingerprint density at radius 1 is 1.67 bits per heavy atom. The summed E-state index contributed by atoms with van der Waals surface area (Å²) in [6.45, 7) is 0.560. The lowest BCUT2D eigenvalue weighted by Gasteiger charge is -1.95. The van der Waals surface area contributed by atoms with Crippen molar-refractivity contribution in [1.82, 2.24) is 4.98 Å². The van der Waals surface area contributed by atoms with E-state index >= 15 is 0 Å². The minimum atomic E-state index is 0.560. The molecule has 66 valence electrons. The second kappa shape index (κ2) is 3.32. The van der Waals surface area contributed by atoms with Gasteiger partial charge in [0.05, 0.1) is 4.88 Å². The number of nitrogens with two attached hydrogens (primary N) is 1. The van der Waals surface area contributed by atoms with Gasteiger partial charge in [0.15, 0.2) is 5.13 Å². The van der Waals surface area contributed by atoms with Gasteiger partial charge in [-0.15, -0.1) is 0 Å². The Labute approximate surface area is 83.5 Å². The van der Waals surface area contributed by atoms with Crippen LogP contribution in [-0.2, 0) is 6.54 Å². The van der Waals surface area contributed by atoms with Gasteiger partial charge in [-0.3, -0.25) is 0 Å². The molecule has 1 saturated carbocycles. The van der Waals surface area contributed by atoms with Crippen LogP contribution in [0.3, 0.4) is 0 Å². The second-order valence-corrected chi connectivity index (χ2v) is 4.69. The number of anilines is 1. The molecule has 0 spiro atoms. The summed E-state index contributed by atoms with van der Waals surface area (Å²) >= 11 is 5.00. The number of nitrogens with zero attached hydrogens (tertiary/aromatic N) is 1. The van der Waals surface area contributed by atoms with Crippen LogP contribution in [0.2, 0.25) is 0 Å². The minimum absolute atomic E-state index is 0.560. The van der Waals surface area contributed by atoms with Crippen LogP contribution in [0.1, 0.15) is 17.7 Å². The molecule has 0 radical (unpaired) electrons. The van der Waals surface area contributed by atoms with Crippen molar-refractivity contribution in [3.8, 4) is 0 Å². The lowest BCUT2D eigenvalue weighted by molar-refractivity contribution is 1.08. The first-order valence-corrected chi connectivity index (χ1v) is 5.52. The number of thiazole rings is 1. The van der Waals surface area contributed by atoms with E-state index in [1.165, 1.54) is 12.8 Å². The average molecular weight is 248 g/mol. The molecule has 0 saturated heterocycles. The van der Waals surface area contributed by atoms with Gasteiger partial charge >= 0.3 is 0 Å². The normalized spacial score (nSPS) is 16.5. The quantitative estimate of drug-likeness (QED) is 0.859. The molecule has 3 N–H and O–H groups in total. The lowest BCUT2D eigenvalue weighted by atomic mass is 10.6. The first kappa shape index (κ1) is 8.47. The van der Waals surface area contributed by atoms with Crippen LogP contribution in [0.25, 0.3) is 0 Å². The van der Waals surface area contributed by atoms with Crippen LogP contribution < -0.4 is 11.1 Å². The summed E-state index contributed by atoms with van der Waals surface area (Å²) in [7, 11) is 0. The van der Waals surface area contributed by atoms with Gasteiger partial charge in [0.2, 0.25) is 0 Å². The van der Waals surface area contributed by atoms with E-state index in [0.717, 1.165) is 14.6 Å². The number of aromatic nitrogens is 1. The fourth-order valence-electron chi connectivity index (χ4n) is 0.923. The highest BCUT2D eigenvalue weighted by Gasteiger charge is 2.22. The maximum absolute atomic E-state index is 5.52. The minimum Gasteiger partial charge on any atom is -0.359 e. The third-order valence-corrected chi connectivity index (χ3v) is 3.67. The zero-order chi connectivity index (χ0) is 8.55. The third-order valence-electron chi connectivity index (χ3n) is 1.74. The number of hydrogen-bond acceptors (Lipinski definition) is 4. The Morgan fingerprint density at radius 2 is 2.42 bits per heavy atom. The second-order valence-electron chi connectivity index (χ2n) is 2.86. The summed E-state index contributed by atoms with van der Waals surface area (Å²) < 4.78 is 0.887. The van der Waals surface area contributed by atoms with Gasteiger partial charge in [0, 0.05) is 12.6 Å². The van der Waals surface area contributed by atoms with Crippen LogP contribution in [0.15, 0.2) is 4.60 Å². The van der Waals surface area contributed by atoms with Crippen molar-refractivity contribution >= 4 is 32.4 Å². The highest BCUT2D eigenvalue weighted by molar-refractivity contribution is 9.10. The van der Waals surface area contributed by atoms with Crippen molar-refractivity contribution in [2.75, 3.05) is 5.32 Å². The highest BCUT2D eigenvalue weighted by Crippen LogP contribution is 2.31. The van der Waals surface area contributed by atoms with E-state index in [1.807, 2.05) is 0 Å². The van der Waals surface area contributed by atoms with E-state index in [9.17, 15) is 0 Å². The molecule has 3 nitrogen and oxygen atoms in total. The molecule has 1 aromatic rings. The predicted molar refractivity (Wildman–Crippen MR) is 54.4 cm³/mol. The maximum Gasteiger partial charge on any atom is 0.184 e. The molecule has 1 aliphatic carbocycles. The molecule has 5 heteroatoms. The first-order valence-electron chi connectivity index (χ1n) is 3.91. The molecule has 0 amide bonds. The average Bonchev–Trinajstić information content (AvgIpc) is 2.76. The van der Waals surface area contributed by atoms with Crippen molar-refractivity contribution in [2.24, 2.45) is 5.73 Å². The molecule has 0 aliphatic heterocycles. The van der Waals surface area contributed by atoms with Crippen molar-refractivity contribution in [1.29, 1.82) is 0 Å². The lowest BCUT2D eigenvalue weighted by Crippen LogP contribution is -1.99. The summed E-state index contributed by atoms with van der Waals surface area (Å²) in [4.78, 5) is 5.42. The zero-order valence-corrected chi connectivity index (χ0v) is 8.91. The van der Waals surface area contributed by atoms with E-state index in [4.69, 9.17) is 5.73 Å². The van der Waals surface area contributed by atoms with E-state index in [-0.39, 0.29) is 0 Å². The van der Waals surface area contributed by atoms with E-state index in [1.54, 1.807) is 11.3 Å². The zero-order valence-electron chi connectivity index (χ0n) is 6.51. The Kier molecular flexibility index (Phi) is 2.34. The number of nitrogens with one attached hydrogen (secondary N) is 1. The molecule has 0 bridgehead atoms. The Balaban J connectivity index is 2.10. The Hall–Kier alpha value is -0.130. The van der Waals surface area contributed by atoms with Gasteiger partial charge in [0.25, 0.3) is 0 Å². The van der Waals surface area contributed by atoms with E-state index in [0.29, 0.717) is 12.6 Å². The molecule has 2 rings (SSSR count). The van der Waals surface area contributed by atoms with Crippen LogP contribution in [-0.4, -0.2) is 11.0 Å². The molecular weight excluding hydrogens is 238 g/mol. The smallest absolute Gasteiger partial charge is 0.184 e. The van der Waals surface area contributed by atoms with Crippen LogP contribution >= 0.6 is 27.3 Å². The van der Waals surface area contributed by atoms with Gasteiger partial charge in [-0.2, -0.15) is 0 Å². The van der Waals surface area contributed by atoms with E-state index < -0.39 is 0 Å². The highest BCUT2D eigenvalue weighted by atomic mass is 79.9. The van der Waals surface area contributed by atoms with Gasteiger partial charge < -0.3 is 11.1 Å². The fourth-order valence-corrected chi connectivity index (χ4v) is 2.43. The van der Waals surface area contributed by atoms with Crippen LogP contribution in [0, 0.1) is 0 Å². The largest absolute Gasteiger partial charge is 0.359 e. The fraction of sp³-hybridized carbons (Fsp3) is 0.571. The number of hydrogen-bond donors (Lipinski definition) is 2. The summed E-state index contributed by atoms with van der Waals surface area (Å²) in [6.07, 6.45) is 2.55. The molecule has 0 atom stereocenters. The van der Waals surface area contributed by atoms with Crippen molar-refractivity contribution in [3.05, 3.63) is 9.48 Å². The van der Waals surface area contributed by atoms with Crippen LogP contribution in [0.5, 0.6) is 0 Å². The van der Waals surface area contributed by atoms with E-state index in [2.05, 4.69) is 26.2 Å². The molecular formula is C7H10BrN3S. The number of halogens is 1. The topological polar surface area (TPSA) is 50.9 Å². The first-order chi connectivity index (χ1) is 5.79. The summed E-state index contributed by atoms with van der Waals surface area (Å²) in [5.74, 6) is 0. The number of rotatable bonds is 3. The molecule has 1 aliphatic rings. The van der Waals surface area contributed by atoms with Gasteiger partial charge in [-0.05, 0) is 28.8 Å². The molecule has 1 aromatic heterocycles. The summed E-state index contributed by atoms with van der Waals surface area (Å²) in [5.41, 5.74) is 5.52. The van der Waals surface area contributed by atoms with Crippen molar-refractivity contribution < 1.29 is 0 Å². The Bertz CT molecular complexity index is 282. The Morgan fingerprint density at radius 3 is 2.92 bits per heavy atom. The maximum atomic E-state index is 5.52. The predicted octanol–water partition coefficient (Wildman–Crippen LogP) is 1.94. The van der Waals surface area contributed by atoms with Crippen molar-refractivity contribution in [3.63, 3.8) is 0 Å². The standard InChI is InChI=1S/C7H10BrN3S/c8-6-5(3-9)12-7(11-6)10-4-1-2-4/h4H,1-3,9H2,(H,10,11). The summed E-state index contributed by atoms with van der Waals surface area (Å²) in [5, 5.41) is 4.32. The van der Waals surface area contributed by atoms with Crippen molar-refractivity contribution in [2.45, 2.75) is 25.4 Å². The van der Waals surface area contributed by atoms with Gasteiger partial charge in [-0.1, -0.05) is 11.3 Å².